The summed E-state index contributed by atoms with van der Waals surface area (Å²) in [5, 5.41) is 0. The molecule has 0 amide bonds. The average molecular weight is 375 g/mol. The number of hydrogen-bond acceptors (Lipinski definition) is 2. The van der Waals surface area contributed by atoms with Crippen LogP contribution < -0.4 is 0 Å². The van der Waals surface area contributed by atoms with Crippen molar-refractivity contribution in [3.05, 3.63) is 0 Å². The van der Waals surface area contributed by atoms with Gasteiger partial charge in [-0.25, -0.2) is 0 Å². The fraction of sp³-hybridized carbons (Fsp3) is 0.952. The highest BCUT2D eigenvalue weighted by Gasteiger charge is 1.95. The second-order valence-corrected chi connectivity index (χ2v) is 8.20. The van der Waals surface area contributed by atoms with E-state index in [1.54, 1.807) is 0 Å². The van der Waals surface area contributed by atoms with Crippen molar-refractivity contribution in [1.29, 1.82) is 0 Å². The number of thiocarbonyl (C=S) groups is 1. The molecule has 1 nitrogen and oxygen atoms in total. The summed E-state index contributed by atoms with van der Waals surface area (Å²) < 4.78 is 5.54. The molecule has 0 aliphatic heterocycles. The summed E-state index contributed by atoms with van der Waals surface area (Å²) in [6, 6.07) is 0. The van der Waals surface area contributed by atoms with Crippen molar-refractivity contribution in [3.63, 3.8) is 0 Å². The molecule has 0 fully saturated rings. The smallest absolute Gasteiger partial charge is 0.216 e. The second-order valence-electron chi connectivity index (χ2n) is 7.12. The van der Waals surface area contributed by atoms with Crippen LogP contribution in [-0.2, 0) is 4.74 Å². The molecule has 0 aliphatic rings. The Labute approximate surface area is 163 Å². The third-order valence-electron chi connectivity index (χ3n) is 4.72. The van der Waals surface area contributed by atoms with Gasteiger partial charge in [0.25, 0.3) is 0 Å². The zero-order valence-corrected chi connectivity index (χ0v) is 17.9. The maximum atomic E-state index is 5.17. The number of unbranched alkanes of at least 4 members (excludes halogenated alkanes) is 17. The van der Waals surface area contributed by atoms with Crippen LogP contribution in [0.5, 0.6) is 0 Å². The minimum Gasteiger partial charge on any atom is -0.479 e. The molecule has 0 aromatic heterocycles. The summed E-state index contributed by atoms with van der Waals surface area (Å²) in [7, 11) is 0. The number of thiol groups is 1. The molecule has 0 rings (SSSR count). The third-order valence-corrected chi connectivity index (χ3v) is 4.97. The highest BCUT2D eigenvalue weighted by molar-refractivity contribution is 8.10. The first-order chi connectivity index (χ1) is 11.8. The molecule has 3 heteroatoms. The Bertz CT molecular complexity index is 256. The van der Waals surface area contributed by atoms with Gasteiger partial charge < -0.3 is 4.74 Å². The van der Waals surface area contributed by atoms with E-state index in [2.05, 4.69) is 19.6 Å². The molecule has 0 aromatic rings. The topological polar surface area (TPSA) is 9.23 Å². The van der Waals surface area contributed by atoms with E-state index in [1.807, 2.05) is 0 Å². The van der Waals surface area contributed by atoms with E-state index in [9.17, 15) is 0 Å². The molecule has 0 atom stereocenters. The van der Waals surface area contributed by atoms with Crippen LogP contribution in [0.1, 0.15) is 122 Å². The third kappa shape index (κ3) is 22.2. The maximum absolute atomic E-state index is 5.17. The van der Waals surface area contributed by atoms with Gasteiger partial charge in [-0.05, 0) is 18.6 Å². The van der Waals surface area contributed by atoms with Crippen molar-refractivity contribution in [1.82, 2.24) is 0 Å². The predicted molar refractivity (Wildman–Crippen MR) is 116 cm³/mol. The quantitative estimate of drug-likeness (QED) is 0.138. The first-order valence-electron chi connectivity index (χ1n) is 10.6. The molecule has 0 saturated carbocycles. The highest BCUT2D eigenvalue weighted by atomic mass is 32.1. The lowest BCUT2D eigenvalue weighted by molar-refractivity contribution is 0.308. The minimum absolute atomic E-state index is 0.377. The van der Waals surface area contributed by atoms with E-state index in [-0.39, 0.29) is 0 Å². The minimum atomic E-state index is 0.377. The van der Waals surface area contributed by atoms with Gasteiger partial charge >= 0.3 is 0 Å². The van der Waals surface area contributed by atoms with Crippen LogP contribution in [0.15, 0.2) is 0 Å². The summed E-state index contributed by atoms with van der Waals surface area (Å²) >= 11 is 8.70. The van der Waals surface area contributed by atoms with E-state index in [1.165, 1.54) is 109 Å². The van der Waals surface area contributed by atoms with Crippen molar-refractivity contribution in [2.24, 2.45) is 0 Å². The van der Waals surface area contributed by atoms with Crippen LogP contribution >= 0.6 is 24.8 Å². The lowest BCUT2D eigenvalue weighted by Gasteiger charge is -2.04. The molecule has 0 N–H and O–H groups in total. The van der Waals surface area contributed by atoms with Crippen molar-refractivity contribution in [2.75, 3.05) is 6.61 Å². The fourth-order valence-corrected chi connectivity index (χ4v) is 3.34. The molecule has 144 valence electrons. The average Bonchev–Trinajstić information content (AvgIpc) is 2.56. The van der Waals surface area contributed by atoms with Crippen molar-refractivity contribution >= 4 is 29.2 Å². The Morgan fingerprint density at radius 2 is 0.875 bits per heavy atom. The summed E-state index contributed by atoms with van der Waals surface area (Å²) in [6.07, 6.45) is 25.3. The fourth-order valence-electron chi connectivity index (χ4n) is 3.16. The van der Waals surface area contributed by atoms with Gasteiger partial charge in [-0.3, -0.25) is 0 Å². The summed E-state index contributed by atoms with van der Waals surface area (Å²) in [4.78, 5) is 0. The number of ether oxygens (including phenoxy) is 1. The predicted octanol–water partition coefficient (Wildman–Crippen LogP) is 8.26. The van der Waals surface area contributed by atoms with Crippen LogP contribution in [-0.4, -0.2) is 11.0 Å². The normalized spacial score (nSPS) is 10.9. The number of rotatable bonds is 19. The molecular formula is C21H42OS2. The molecule has 0 unspecified atom stereocenters. The van der Waals surface area contributed by atoms with Gasteiger partial charge in [0.15, 0.2) is 0 Å². The first-order valence-corrected chi connectivity index (χ1v) is 11.5. The van der Waals surface area contributed by atoms with Crippen molar-refractivity contribution in [3.8, 4) is 0 Å². The van der Waals surface area contributed by atoms with Gasteiger partial charge in [0.1, 0.15) is 0 Å². The van der Waals surface area contributed by atoms with Crippen LogP contribution in [0, 0.1) is 0 Å². The SMILES string of the molecule is CCCCCCCCCCCCCCCCCCCCOC(=S)S. The van der Waals surface area contributed by atoms with Gasteiger partial charge in [-0.1, -0.05) is 129 Å². The van der Waals surface area contributed by atoms with E-state index < -0.39 is 0 Å². The largest absolute Gasteiger partial charge is 0.479 e. The van der Waals surface area contributed by atoms with Crippen molar-refractivity contribution < 1.29 is 4.74 Å². The van der Waals surface area contributed by atoms with Crippen LogP contribution in [0.4, 0.5) is 0 Å². The Hall–Kier alpha value is 0.240. The monoisotopic (exact) mass is 374 g/mol. The Kier molecular flexibility index (Phi) is 21.5. The van der Waals surface area contributed by atoms with Gasteiger partial charge in [-0.2, -0.15) is 0 Å². The molecule has 0 saturated heterocycles. The van der Waals surface area contributed by atoms with Crippen LogP contribution in [0.3, 0.4) is 0 Å². The molecule has 0 spiro atoms. The molecule has 0 bridgehead atoms. The summed E-state index contributed by atoms with van der Waals surface area (Å²) in [6.45, 7) is 3.03. The molecule has 0 heterocycles. The standard InChI is InChI=1S/C21H42OS2/c1-2-3-4-5-6-7-8-9-10-11-12-13-14-15-16-17-18-19-20-22-21(23)24/h2-20H2,1H3,(H,23,24). The summed E-state index contributed by atoms with van der Waals surface area (Å²) in [5.74, 6) is 0. The first kappa shape index (κ1) is 24.2. The van der Waals surface area contributed by atoms with Crippen molar-refractivity contribution in [2.45, 2.75) is 122 Å². The highest BCUT2D eigenvalue weighted by Crippen LogP contribution is 2.14. The maximum Gasteiger partial charge on any atom is 0.216 e. The van der Waals surface area contributed by atoms with Gasteiger partial charge in [0, 0.05) is 0 Å². The molecule has 0 radical (unpaired) electrons. The van der Waals surface area contributed by atoms with E-state index in [0.29, 0.717) is 4.38 Å². The van der Waals surface area contributed by atoms with Crippen LogP contribution in [0.2, 0.25) is 0 Å². The molecule has 24 heavy (non-hydrogen) atoms. The lowest BCUT2D eigenvalue weighted by Crippen LogP contribution is -1.95. The molecule has 0 aromatic carbocycles. The molecular weight excluding hydrogens is 332 g/mol. The molecule has 0 aliphatic carbocycles. The van der Waals surface area contributed by atoms with Gasteiger partial charge in [0.05, 0.1) is 6.61 Å². The van der Waals surface area contributed by atoms with E-state index >= 15 is 0 Å². The zero-order valence-electron chi connectivity index (χ0n) is 16.2. The second kappa shape index (κ2) is 21.3. The Morgan fingerprint density at radius 3 is 1.17 bits per heavy atom. The summed E-state index contributed by atoms with van der Waals surface area (Å²) in [5.41, 5.74) is 0. The van der Waals surface area contributed by atoms with Gasteiger partial charge in [0.2, 0.25) is 4.38 Å². The number of hydrogen-bond donors (Lipinski definition) is 1. The lowest BCUT2D eigenvalue weighted by atomic mass is 10.0. The van der Waals surface area contributed by atoms with E-state index in [4.69, 9.17) is 17.0 Å². The van der Waals surface area contributed by atoms with Gasteiger partial charge in [-0.15, -0.1) is 0 Å². The van der Waals surface area contributed by atoms with Crippen LogP contribution in [0.25, 0.3) is 0 Å². The zero-order chi connectivity index (χ0) is 17.7. The Morgan fingerprint density at radius 1 is 0.583 bits per heavy atom. The Balaban J connectivity index is 2.97. The van der Waals surface area contributed by atoms with E-state index in [0.717, 1.165) is 13.0 Å².